The lowest BCUT2D eigenvalue weighted by molar-refractivity contribution is 0.0955. The van der Waals surface area contributed by atoms with Crippen LogP contribution in [0.1, 0.15) is 48.0 Å². The maximum absolute atomic E-state index is 12.1. The minimum atomic E-state index is -0.169. The summed E-state index contributed by atoms with van der Waals surface area (Å²) in [7, 11) is 0. The number of hydrogen-bond acceptors (Lipinski definition) is 5. The van der Waals surface area contributed by atoms with E-state index in [1.54, 1.807) is 30.2 Å². The number of carbonyl (C=O) groups is 1. The third kappa shape index (κ3) is 5.67. The van der Waals surface area contributed by atoms with Crippen molar-refractivity contribution in [3.63, 3.8) is 0 Å². The zero-order valence-electron chi connectivity index (χ0n) is 14.1. The van der Waals surface area contributed by atoms with Crippen LogP contribution in [0.25, 0.3) is 0 Å². The van der Waals surface area contributed by atoms with Gasteiger partial charge in [0.15, 0.2) is 5.16 Å². The van der Waals surface area contributed by atoms with Gasteiger partial charge in [0, 0.05) is 29.9 Å². The van der Waals surface area contributed by atoms with E-state index in [1.165, 1.54) is 32.1 Å². The average Bonchev–Trinajstić information content (AvgIpc) is 2.68. The molecule has 0 atom stereocenters. The van der Waals surface area contributed by atoms with Crippen LogP contribution in [0, 0.1) is 5.92 Å². The summed E-state index contributed by atoms with van der Waals surface area (Å²) in [6.07, 6.45) is 11.6. The molecular formula is C19H22N4OS. The number of carbonyl (C=O) groups excluding carboxylic acids is 1. The summed E-state index contributed by atoms with van der Waals surface area (Å²) in [6.45, 7) is 0. The van der Waals surface area contributed by atoms with E-state index in [1.807, 2.05) is 30.5 Å². The van der Waals surface area contributed by atoms with Gasteiger partial charge in [0.2, 0.25) is 0 Å². The predicted octanol–water partition coefficient (Wildman–Crippen LogP) is 4.06. The van der Waals surface area contributed by atoms with Gasteiger partial charge in [0.25, 0.3) is 5.91 Å². The predicted molar refractivity (Wildman–Crippen MR) is 101 cm³/mol. The molecule has 0 aliphatic heterocycles. The molecular weight excluding hydrogens is 332 g/mol. The Morgan fingerprint density at radius 1 is 1.16 bits per heavy atom. The standard InChI is InChI=1S/C19H22N4OS/c24-18(23-22-13-15-5-2-1-3-6-15)17-9-7-16(8-10-17)14-25-19-20-11-4-12-21-19/h4,7-13,15H,1-3,5-6,14H2,(H,23,24). The Labute approximate surface area is 152 Å². The number of hydrazone groups is 1. The van der Waals surface area contributed by atoms with Crippen molar-refractivity contribution in [3.8, 4) is 0 Å². The summed E-state index contributed by atoms with van der Waals surface area (Å²) in [5.41, 5.74) is 4.37. The van der Waals surface area contributed by atoms with Crippen molar-refractivity contribution in [2.45, 2.75) is 43.0 Å². The fourth-order valence-electron chi connectivity index (χ4n) is 2.81. The van der Waals surface area contributed by atoms with Crippen molar-refractivity contribution < 1.29 is 4.79 Å². The highest BCUT2D eigenvalue weighted by atomic mass is 32.2. The van der Waals surface area contributed by atoms with Crippen molar-refractivity contribution in [2.24, 2.45) is 11.0 Å². The van der Waals surface area contributed by atoms with Crippen LogP contribution in [0.5, 0.6) is 0 Å². The number of nitrogens with zero attached hydrogens (tertiary/aromatic N) is 3. The zero-order chi connectivity index (χ0) is 17.3. The van der Waals surface area contributed by atoms with Crippen LogP contribution in [0.2, 0.25) is 0 Å². The number of hydrogen-bond donors (Lipinski definition) is 1. The first-order valence-electron chi connectivity index (χ1n) is 8.63. The van der Waals surface area contributed by atoms with E-state index in [0.717, 1.165) is 16.5 Å². The molecule has 1 fully saturated rings. The van der Waals surface area contributed by atoms with Crippen LogP contribution in [-0.2, 0) is 5.75 Å². The molecule has 1 N–H and O–H groups in total. The molecule has 1 saturated carbocycles. The Morgan fingerprint density at radius 2 is 1.88 bits per heavy atom. The molecule has 1 aromatic carbocycles. The summed E-state index contributed by atoms with van der Waals surface area (Å²) >= 11 is 1.57. The summed E-state index contributed by atoms with van der Waals surface area (Å²) in [5.74, 6) is 1.11. The first-order valence-corrected chi connectivity index (χ1v) is 9.62. The van der Waals surface area contributed by atoms with Gasteiger partial charge in [-0.1, -0.05) is 43.2 Å². The first-order chi connectivity index (χ1) is 12.3. The third-order valence-electron chi connectivity index (χ3n) is 4.23. The second-order valence-electron chi connectivity index (χ2n) is 6.13. The van der Waals surface area contributed by atoms with E-state index in [2.05, 4.69) is 20.5 Å². The number of amides is 1. The molecule has 1 aliphatic carbocycles. The second kappa shape index (κ2) is 9.32. The Morgan fingerprint density at radius 3 is 2.60 bits per heavy atom. The number of thioether (sulfide) groups is 1. The fourth-order valence-corrected chi connectivity index (χ4v) is 3.57. The molecule has 0 bridgehead atoms. The molecule has 0 spiro atoms. The van der Waals surface area contributed by atoms with Gasteiger partial charge in [-0.05, 0) is 42.5 Å². The first kappa shape index (κ1) is 17.6. The number of benzene rings is 1. The number of aromatic nitrogens is 2. The van der Waals surface area contributed by atoms with Gasteiger partial charge in [-0.15, -0.1) is 0 Å². The highest BCUT2D eigenvalue weighted by Crippen LogP contribution is 2.22. The van der Waals surface area contributed by atoms with Crippen LogP contribution < -0.4 is 5.43 Å². The van der Waals surface area contributed by atoms with Crippen molar-refractivity contribution in [2.75, 3.05) is 0 Å². The molecule has 0 unspecified atom stereocenters. The molecule has 1 amide bonds. The van der Waals surface area contributed by atoms with E-state index in [-0.39, 0.29) is 5.91 Å². The number of nitrogens with one attached hydrogen (secondary N) is 1. The van der Waals surface area contributed by atoms with Gasteiger partial charge in [-0.25, -0.2) is 15.4 Å². The van der Waals surface area contributed by atoms with E-state index in [0.29, 0.717) is 11.5 Å². The monoisotopic (exact) mass is 354 g/mol. The molecule has 2 aromatic rings. The normalized spacial score (nSPS) is 15.4. The lowest BCUT2D eigenvalue weighted by atomic mass is 9.90. The Hall–Kier alpha value is -2.21. The Kier molecular flexibility index (Phi) is 6.56. The highest BCUT2D eigenvalue weighted by Gasteiger charge is 2.11. The topological polar surface area (TPSA) is 67.2 Å². The van der Waals surface area contributed by atoms with Gasteiger partial charge in [-0.2, -0.15) is 5.10 Å². The average molecular weight is 354 g/mol. The zero-order valence-corrected chi connectivity index (χ0v) is 14.9. The van der Waals surface area contributed by atoms with Crippen LogP contribution in [0.4, 0.5) is 0 Å². The van der Waals surface area contributed by atoms with E-state index in [9.17, 15) is 4.79 Å². The smallest absolute Gasteiger partial charge is 0.267 e. The summed E-state index contributed by atoms with van der Waals surface area (Å²) in [6, 6.07) is 9.36. The van der Waals surface area contributed by atoms with Gasteiger partial charge >= 0.3 is 0 Å². The SMILES string of the molecule is O=C(NN=CC1CCCCC1)c1ccc(CSc2ncccn2)cc1. The number of rotatable bonds is 6. The van der Waals surface area contributed by atoms with E-state index < -0.39 is 0 Å². The summed E-state index contributed by atoms with van der Waals surface area (Å²) in [4.78, 5) is 20.5. The molecule has 130 valence electrons. The maximum Gasteiger partial charge on any atom is 0.271 e. The molecule has 6 heteroatoms. The largest absolute Gasteiger partial charge is 0.271 e. The van der Waals surface area contributed by atoms with Crippen LogP contribution >= 0.6 is 11.8 Å². The highest BCUT2D eigenvalue weighted by molar-refractivity contribution is 7.98. The van der Waals surface area contributed by atoms with E-state index >= 15 is 0 Å². The maximum atomic E-state index is 12.1. The van der Waals surface area contributed by atoms with Gasteiger partial charge in [0.1, 0.15) is 0 Å². The van der Waals surface area contributed by atoms with Crippen molar-refractivity contribution in [3.05, 3.63) is 53.9 Å². The van der Waals surface area contributed by atoms with E-state index in [4.69, 9.17) is 0 Å². The second-order valence-corrected chi connectivity index (χ2v) is 7.08. The molecule has 0 radical (unpaired) electrons. The molecule has 0 saturated heterocycles. The van der Waals surface area contributed by atoms with Crippen molar-refractivity contribution in [1.29, 1.82) is 0 Å². The molecule has 5 nitrogen and oxygen atoms in total. The van der Waals surface area contributed by atoms with Gasteiger partial charge in [-0.3, -0.25) is 4.79 Å². The minimum absolute atomic E-state index is 0.169. The molecule has 1 aliphatic rings. The summed E-state index contributed by atoms with van der Waals surface area (Å²) in [5, 5.41) is 4.88. The molecule has 1 aromatic heterocycles. The lowest BCUT2D eigenvalue weighted by Gasteiger charge is -2.16. The summed E-state index contributed by atoms with van der Waals surface area (Å²) < 4.78 is 0. The van der Waals surface area contributed by atoms with Crippen LogP contribution in [0.3, 0.4) is 0 Å². The molecule has 25 heavy (non-hydrogen) atoms. The van der Waals surface area contributed by atoms with Crippen LogP contribution in [0.15, 0.2) is 53.0 Å². The minimum Gasteiger partial charge on any atom is -0.267 e. The Balaban J connectivity index is 1.47. The quantitative estimate of drug-likeness (QED) is 0.368. The fraction of sp³-hybridized carbons (Fsp3) is 0.368. The Bertz CT molecular complexity index is 697. The van der Waals surface area contributed by atoms with Crippen molar-refractivity contribution >= 4 is 23.9 Å². The van der Waals surface area contributed by atoms with Gasteiger partial charge < -0.3 is 0 Å². The molecule has 1 heterocycles. The van der Waals surface area contributed by atoms with Crippen molar-refractivity contribution in [1.82, 2.24) is 15.4 Å². The third-order valence-corrected chi connectivity index (χ3v) is 5.17. The van der Waals surface area contributed by atoms with Crippen LogP contribution in [-0.4, -0.2) is 22.1 Å². The molecule has 3 rings (SSSR count). The van der Waals surface area contributed by atoms with Gasteiger partial charge in [0.05, 0.1) is 0 Å². The lowest BCUT2D eigenvalue weighted by Crippen LogP contribution is -2.19.